The molecule has 0 heterocycles. The van der Waals surface area contributed by atoms with Crippen LogP contribution < -0.4 is 0 Å². The molecular formula is C17H28O6. The molecule has 0 aliphatic rings. The van der Waals surface area contributed by atoms with Crippen LogP contribution >= 0.6 is 0 Å². The SMILES string of the molecule is C=C(C)C(=O)OCC(CCCC(COC(=O)C(=C)C)OC)OC. The van der Waals surface area contributed by atoms with E-state index in [1.807, 2.05) is 0 Å². The zero-order valence-corrected chi connectivity index (χ0v) is 14.6. The number of hydrogen-bond acceptors (Lipinski definition) is 6. The van der Waals surface area contributed by atoms with E-state index in [1.165, 1.54) is 0 Å². The summed E-state index contributed by atoms with van der Waals surface area (Å²) in [6.07, 6.45) is 1.82. The van der Waals surface area contributed by atoms with E-state index < -0.39 is 11.9 Å². The Morgan fingerprint density at radius 3 is 1.43 bits per heavy atom. The van der Waals surface area contributed by atoms with Gasteiger partial charge in [-0.25, -0.2) is 9.59 Å². The maximum atomic E-state index is 11.3. The van der Waals surface area contributed by atoms with Crippen molar-refractivity contribution in [2.24, 2.45) is 0 Å². The molecule has 0 fully saturated rings. The fourth-order valence-corrected chi connectivity index (χ4v) is 1.70. The lowest BCUT2D eigenvalue weighted by Crippen LogP contribution is -2.24. The van der Waals surface area contributed by atoms with Gasteiger partial charge in [-0.3, -0.25) is 0 Å². The Morgan fingerprint density at radius 1 is 0.826 bits per heavy atom. The normalized spacial score (nSPS) is 13.0. The maximum Gasteiger partial charge on any atom is 0.333 e. The maximum absolute atomic E-state index is 11.3. The van der Waals surface area contributed by atoms with Gasteiger partial charge in [-0.2, -0.15) is 0 Å². The number of hydrogen-bond donors (Lipinski definition) is 0. The van der Waals surface area contributed by atoms with E-state index in [1.54, 1.807) is 28.1 Å². The van der Waals surface area contributed by atoms with E-state index in [9.17, 15) is 9.59 Å². The van der Waals surface area contributed by atoms with Gasteiger partial charge in [0.25, 0.3) is 0 Å². The summed E-state index contributed by atoms with van der Waals surface area (Å²) in [7, 11) is 3.14. The first kappa shape index (κ1) is 21.3. The van der Waals surface area contributed by atoms with Crippen molar-refractivity contribution in [1.29, 1.82) is 0 Å². The predicted molar refractivity (Wildman–Crippen MR) is 87.0 cm³/mol. The van der Waals surface area contributed by atoms with Gasteiger partial charge in [-0.1, -0.05) is 13.2 Å². The Balaban J connectivity index is 4.06. The van der Waals surface area contributed by atoms with Gasteiger partial charge in [0, 0.05) is 25.4 Å². The lowest BCUT2D eigenvalue weighted by atomic mass is 10.1. The minimum absolute atomic E-state index is 0.185. The second-order valence-electron chi connectivity index (χ2n) is 5.40. The summed E-state index contributed by atoms with van der Waals surface area (Å²) in [4.78, 5) is 22.7. The largest absolute Gasteiger partial charge is 0.460 e. The van der Waals surface area contributed by atoms with E-state index in [0.717, 1.165) is 6.42 Å². The number of methoxy groups -OCH3 is 2. The summed E-state index contributed by atoms with van der Waals surface area (Å²) in [5, 5.41) is 0. The highest BCUT2D eigenvalue weighted by atomic mass is 16.6. The van der Waals surface area contributed by atoms with Crippen LogP contribution in [0, 0.1) is 0 Å². The number of carbonyl (C=O) groups is 2. The molecule has 6 nitrogen and oxygen atoms in total. The molecule has 0 aromatic carbocycles. The number of carbonyl (C=O) groups excluding carboxylic acids is 2. The third-order valence-electron chi connectivity index (χ3n) is 3.22. The molecule has 0 bridgehead atoms. The molecule has 0 aliphatic heterocycles. The Bertz CT molecular complexity index is 377. The zero-order valence-electron chi connectivity index (χ0n) is 14.6. The van der Waals surface area contributed by atoms with Crippen LogP contribution in [0.5, 0.6) is 0 Å². The van der Waals surface area contributed by atoms with Gasteiger partial charge >= 0.3 is 11.9 Å². The molecule has 0 amide bonds. The predicted octanol–water partition coefficient (Wildman–Crippen LogP) is 2.43. The van der Waals surface area contributed by atoms with Crippen LogP contribution in [0.2, 0.25) is 0 Å². The van der Waals surface area contributed by atoms with E-state index >= 15 is 0 Å². The minimum atomic E-state index is -0.423. The molecule has 0 aliphatic carbocycles. The molecule has 0 aromatic heterocycles. The quantitative estimate of drug-likeness (QED) is 0.405. The Hall–Kier alpha value is -1.66. The van der Waals surface area contributed by atoms with Crippen LogP contribution in [-0.4, -0.2) is 51.6 Å². The highest BCUT2D eigenvalue weighted by molar-refractivity contribution is 5.87. The molecule has 6 heteroatoms. The van der Waals surface area contributed by atoms with Crippen molar-refractivity contribution < 1.29 is 28.5 Å². The summed E-state index contributed by atoms with van der Waals surface area (Å²) in [5.41, 5.74) is 0.720. The molecular weight excluding hydrogens is 300 g/mol. The van der Waals surface area contributed by atoms with E-state index in [0.29, 0.717) is 24.0 Å². The van der Waals surface area contributed by atoms with Crippen molar-refractivity contribution in [3.05, 3.63) is 24.3 Å². The number of ether oxygens (including phenoxy) is 4. The van der Waals surface area contributed by atoms with E-state index in [2.05, 4.69) is 13.2 Å². The summed E-state index contributed by atoms with van der Waals surface area (Å²) in [6, 6.07) is 0. The first-order valence-corrected chi connectivity index (χ1v) is 7.52. The number of esters is 2. The van der Waals surface area contributed by atoms with Crippen molar-refractivity contribution in [2.75, 3.05) is 27.4 Å². The van der Waals surface area contributed by atoms with Crippen LogP contribution in [0.15, 0.2) is 24.3 Å². The number of rotatable bonds is 12. The molecule has 0 saturated heterocycles. The van der Waals surface area contributed by atoms with E-state index in [-0.39, 0.29) is 25.4 Å². The van der Waals surface area contributed by atoms with Crippen LogP contribution in [-0.2, 0) is 28.5 Å². The molecule has 0 N–H and O–H groups in total. The standard InChI is InChI=1S/C17H28O6/c1-12(2)16(18)22-10-14(20-5)8-7-9-15(21-6)11-23-17(19)13(3)4/h14-15H,1,3,7-11H2,2,4-6H3. The van der Waals surface area contributed by atoms with Crippen LogP contribution in [0.4, 0.5) is 0 Å². The Labute approximate surface area is 138 Å². The van der Waals surface area contributed by atoms with Crippen molar-refractivity contribution in [2.45, 2.75) is 45.3 Å². The summed E-state index contributed by atoms with van der Waals surface area (Å²) in [6.45, 7) is 10.6. The van der Waals surface area contributed by atoms with Gasteiger partial charge in [-0.05, 0) is 33.1 Å². The third-order valence-corrected chi connectivity index (χ3v) is 3.22. The molecule has 0 aromatic rings. The summed E-state index contributed by atoms with van der Waals surface area (Å²) >= 11 is 0. The Morgan fingerprint density at radius 2 is 1.17 bits per heavy atom. The first-order chi connectivity index (χ1) is 10.8. The van der Waals surface area contributed by atoms with Gasteiger partial charge in [-0.15, -0.1) is 0 Å². The highest BCUT2D eigenvalue weighted by Crippen LogP contribution is 2.11. The minimum Gasteiger partial charge on any atom is -0.460 e. The summed E-state index contributed by atoms with van der Waals surface area (Å²) < 4.78 is 20.7. The van der Waals surface area contributed by atoms with Crippen molar-refractivity contribution in [1.82, 2.24) is 0 Å². The van der Waals surface area contributed by atoms with Gasteiger partial charge < -0.3 is 18.9 Å². The second kappa shape index (κ2) is 11.8. The molecule has 132 valence electrons. The van der Waals surface area contributed by atoms with Gasteiger partial charge in [0.2, 0.25) is 0 Å². The molecule has 2 unspecified atom stereocenters. The molecule has 2 atom stereocenters. The van der Waals surface area contributed by atoms with Crippen molar-refractivity contribution >= 4 is 11.9 Å². The van der Waals surface area contributed by atoms with Gasteiger partial charge in [0.15, 0.2) is 0 Å². The van der Waals surface area contributed by atoms with E-state index in [4.69, 9.17) is 18.9 Å². The highest BCUT2D eigenvalue weighted by Gasteiger charge is 2.15. The fourth-order valence-electron chi connectivity index (χ4n) is 1.70. The average molecular weight is 328 g/mol. The topological polar surface area (TPSA) is 71.1 Å². The molecule has 0 saturated carbocycles. The van der Waals surface area contributed by atoms with Gasteiger partial charge in [0.05, 0.1) is 12.2 Å². The lowest BCUT2D eigenvalue weighted by Gasteiger charge is -2.18. The third kappa shape index (κ3) is 9.86. The van der Waals surface area contributed by atoms with Crippen molar-refractivity contribution in [3.63, 3.8) is 0 Å². The lowest BCUT2D eigenvalue weighted by molar-refractivity contribution is -0.142. The molecule has 23 heavy (non-hydrogen) atoms. The fraction of sp³-hybridized carbons (Fsp3) is 0.647. The van der Waals surface area contributed by atoms with Crippen molar-refractivity contribution in [3.8, 4) is 0 Å². The van der Waals surface area contributed by atoms with Gasteiger partial charge in [0.1, 0.15) is 13.2 Å². The molecule has 0 spiro atoms. The summed E-state index contributed by atoms with van der Waals surface area (Å²) in [5.74, 6) is -0.845. The van der Waals surface area contributed by atoms with Crippen LogP contribution in [0.25, 0.3) is 0 Å². The second-order valence-corrected chi connectivity index (χ2v) is 5.40. The van der Waals surface area contributed by atoms with Crippen LogP contribution in [0.3, 0.4) is 0 Å². The smallest absolute Gasteiger partial charge is 0.333 e. The Kier molecular flexibility index (Phi) is 11.0. The molecule has 0 radical (unpaired) electrons. The first-order valence-electron chi connectivity index (χ1n) is 7.52. The average Bonchev–Trinajstić information content (AvgIpc) is 2.52. The monoisotopic (exact) mass is 328 g/mol. The zero-order chi connectivity index (χ0) is 17.8. The molecule has 0 rings (SSSR count). The van der Waals surface area contributed by atoms with Crippen LogP contribution in [0.1, 0.15) is 33.1 Å².